The Kier molecular flexibility index (Phi) is 4.02. The molecule has 1 nitrogen and oxygen atoms in total. The largest absolute Gasteiger partial charge is 0.392 e. The van der Waals surface area contributed by atoms with E-state index in [0.717, 1.165) is 11.1 Å². The highest BCUT2D eigenvalue weighted by Crippen LogP contribution is 2.22. The number of aliphatic hydroxyl groups is 1. The Bertz CT molecular complexity index is 374. The monoisotopic (exact) mass is 214 g/mol. The van der Waals surface area contributed by atoms with Gasteiger partial charge in [0, 0.05) is 11.5 Å². The molecule has 0 amide bonds. The molecule has 0 spiro atoms. The van der Waals surface area contributed by atoms with Crippen LogP contribution in [-0.4, -0.2) is 5.11 Å². The molecule has 2 rings (SSSR count). The first kappa shape index (κ1) is 11.2. The van der Waals surface area contributed by atoms with E-state index < -0.39 is 0 Å². The molecule has 1 aliphatic carbocycles. The zero-order chi connectivity index (χ0) is 11.2. The average molecular weight is 214 g/mol. The van der Waals surface area contributed by atoms with Crippen molar-refractivity contribution in [3.05, 3.63) is 35.4 Å². The normalized spacial score (nSPS) is 16.6. The van der Waals surface area contributed by atoms with Crippen LogP contribution in [0.1, 0.15) is 43.2 Å². The molecule has 1 heteroatoms. The van der Waals surface area contributed by atoms with Gasteiger partial charge in [0.05, 0.1) is 6.61 Å². The highest BCUT2D eigenvalue weighted by atomic mass is 16.3. The van der Waals surface area contributed by atoms with Gasteiger partial charge in [-0.15, -0.1) is 0 Å². The first-order valence-corrected chi connectivity index (χ1v) is 6.10. The van der Waals surface area contributed by atoms with Crippen molar-refractivity contribution in [3.8, 4) is 11.8 Å². The van der Waals surface area contributed by atoms with Gasteiger partial charge >= 0.3 is 0 Å². The van der Waals surface area contributed by atoms with E-state index in [0.29, 0.717) is 5.92 Å². The van der Waals surface area contributed by atoms with Gasteiger partial charge in [0.15, 0.2) is 0 Å². The molecule has 1 aliphatic rings. The Labute approximate surface area is 97.5 Å². The fourth-order valence-electron chi connectivity index (χ4n) is 2.13. The quantitative estimate of drug-likeness (QED) is 0.712. The lowest BCUT2D eigenvalue weighted by molar-refractivity contribution is 0.282. The lowest BCUT2D eigenvalue weighted by Gasteiger charge is -2.15. The van der Waals surface area contributed by atoms with Crippen LogP contribution in [0.25, 0.3) is 0 Å². The molecule has 0 heterocycles. The minimum atomic E-state index is 0.107. The molecule has 0 radical (unpaired) electrons. The maximum atomic E-state index is 8.93. The van der Waals surface area contributed by atoms with E-state index >= 15 is 0 Å². The molecule has 84 valence electrons. The zero-order valence-electron chi connectivity index (χ0n) is 9.58. The summed E-state index contributed by atoms with van der Waals surface area (Å²) in [4.78, 5) is 0. The summed E-state index contributed by atoms with van der Waals surface area (Å²) in [5.74, 6) is 7.20. The summed E-state index contributed by atoms with van der Waals surface area (Å²) in [5, 5.41) is 8.93. The van der Waals surface area contributed by atoms with Gasteiger partial charge in [-0.1, -0.05) is 43.2 Å². The molecule has 1 aromatic carbocycles. The predicted molar refractivity (Wildman–Crippen MR) is 65.8 cm³/mol. The first-order chi connectivity index (χ1) is 7.88. The van der Waals surface area contributed by atoms with E-state index in [1.54, 1.807) is 0 Å². The fourth-order valence-corrected chi connectivity index (χ4v) is 2.13. The van der Waals surface area contributed by atoms with Gasteiger partial charge in [0.25, 0.3) is 0 Å². The molecule has 1 saturated carbocycles. The second kappa shape index (κ2) is 5.72. The highest BCUT2D eigenvalue weighted by Gasteiger charge is 2.09. The van der Waals surface area contributed by atoms with Crippen LogP contribution in [0.15, 0.2) is 24.3 Å². The summed E-state index contributed by atoms with van der Waals surface area (Å²) in [6.45, 7) is 0.107. The van der Waals surface area contributed by atoms with Crippen LogP contribution >= 0.6 is 0 Å². The van der Waals surface area contributed by atoms with Gasteiger partial charge in [-0.05, 0) is 30.5 Å². The third kappa shape index (κ3) is 3.12. The predicted octanol–water partition coefficient (Wildman–Crippen LogP) is 3.11. The smallest absolute Gasteiger partial charge is 0.0681 e. The van der Waals surface area contributed by atoms with Crippen molar-refractivity contribution in [3.63, 3.8) is 0 Å². The van der Waals surface area contributed by atoms with E-state index in [-0.39, 0.29) is 6.61 Å². The summed E-state index contributed by atoms with van der Waals surface area (Å²) in [5.41, 5.74) is 2.01. The number of hydrogen-bond donors (Lipinski definition) is 1. The van der Waals surface area contributed by atoms with E-state index in [4.69, 9.17) is 5.11 Å². The summed E-state index contributed by atoms with van der Waals surface area (Å²) in [6.07, 6.45) is 6.58. The molecule has 0 atom stereocenters. The second-order valence-corrected chi connectivity index (χ2v) is 4.46. The molecule has 0 aliphatic heterocycles. The standard InChI is InChI=1S/C15H18O/c16-12-15-10-8-14(9-11-15)7-6-13-4-2-1-3-5-13/h8-11,13,16H,1-5,12H2. The van der Waals surface area contributed by atoms with Crippen LogP contribution in [0.3, 0.4) is 0 Å². The molecule has 16 heavy (non-hydrogen) atoms. The summed E-state index contributed by atoms with van der Waals surface area (Å²) >= 11 is 0. The van der Waals surface area contributed by atoms with Crippen LogP contribution in [0, 0.1) is 17.8 Å². The molecule has 0 aromatic heterocycles. The summed E-state index contributed by atoms with van der Waals surface area (Å²) in [7, 11) is 0. The Morgan fingerprint density at radius 2 is 1.75 bits per heavy atom. The third-order valence-corrected chi connectivity index (χ3v) is 3.16. The first-order valence-electron chi connectivity index (χ1n) is 6.10. The van der Waals surface area contributed by atoms with Crippen molar-refractivity contribution in [2.45, 2.75) is 38.7 Å². The van der Waals surface area contributed by atoms with Crippen LogP contribution in [0.4, 0.5) is 0 Å². The topological polar surface area (TPSA) is 20.2 Å². The number of aliphatic hydroxyl groups excluding tert-OH is 1. The maximum absolute atomic E-state index is 8.93. The average Bonchev–Trinajstić information content (AvgIpc) is 2.38. The van der Waals surface area contributed by atoms with Gasteiger partial charge in [-0.3, -0.25) is 0 Å². The number of benzene rings is 1. The molecular formula is C15H18O. The van der Waals surface area contributed by atoms with Crippen molar-refractivity contribution in [1.29, 1.82) is 0 Å². The van der Waals surface area contributed by atoms with Crippen LogP contribution in [-0.2, 0) is 6.61 Å². The van der Waals surface area contributed by atoms with Gasteiger partial charge in [-0.2, -0.15) is 0 Å². The highest BCUT2D eigenvalue weighted by molar-refractivity contribution is 5.36. The molecule has 0 saturated heterocycles. The van der Waals surface area contributed by atoms with Crippen molar-refractivity contribution in [2.75, 3.05) is 0 Å². The minimum absolute atomic E-state index is 0.107. The van der Waals surface area contributed by atoms with E-state index in [2.05, 4.69) is 11.8 Å². The number of hydrogen-bond acceptors (Lipinski definition) is 1. The van der Waals surface area contributed by atoms with Crippen molar-refractivity contribution in [1.82, 2.24) is 0 Å². The van der Waals surface area contributed by atoms with Crippen molar-refractivity contribution in [2.24, 2.45) is 5.92 Å². The fraction of sp³-hybridized carbons (Fsp3) is 0.467. The summed E-state index contributed by atoms with van der Waals surface area (Å²) < 4.78 is 0. The molecule has 1 N–H and O–H groups in total. The Morgan fingerprint density at radius 3 is 2.38 bits per heavy atom. The lowest BCUT2D eigenvalue weighted by Crippen LogP contribution is -2.02. The third-order valence-electron chi connectivity index (χ3n) is 3.16. The molecule has 0 unspecified atom stereocenters. The van der Waals surface area contributed by atoms with E-state index in [1.165, 1.54) is 32.1 Å². The van der Waals surface area contributed by atoms with Crippen LogP contribution in [0.2, 0.25) is 0 Å². The zero-order valence-corrected chi connectivity index (χ0v) is 9.58. The van der Waals surface area contributed by atoms with Gasteiger partial charge in [0.2, 0.25) is 0 Å². The summed E-state index contributed by atoms with van der Waals surface area (Å²) in [6, 6.07) is 7.85. The van der Waals surface area contributed by atoms with E-state index in [1.807, 2.05) is 24.3 Å². The van der Waals surface area contributed by atoms with Crippen LogP contribution < -0.4 is 0 Å². The molecule has 1 aromatic rings. The van der Waals surface area contributed by atoms with E-state index in [9.17, 15) is 0 Å². The van der Waals surface area contributed by atoms with Gasteiger partial charge in [-0.25, -0.2) is 0 Å². The van der Waals surface area contributed by atoms with Crippen LogP contribution in [0.5, 0.6) is 0 Å². The Hall–Kier alpha value is -1.26. The Morgan fingerprint density at radius 1 is 1.06 bits per heavy atom. The van der Waals surface area contributed by atoms with Crippen molar-refractivity contribution >= 4 is 0 Å². The lowest BCUT2D eigenvalue weighted by atomic mass is 9.89. The van der Waals surface area contributed by atoms with Gasteiger partial charge < -0.3 is 5.11 Å². The molecule has 0 bridgehead atoms. The van der Waals surface area contributed by atoms with Gasteiger partial charge in [0.1, 0.15) is 0 Å². The number of rotatable bonds is 1. The second-order valence-electron chi connectivity index (χ2n) is 4.46. The molecular weight excluding hydrogens is 196 g/mol. The minimum Gasteiger partial charge on any atom is -0.392 e. The SMILES string of the molecule is OCc1ccc(C#CC2CCCCC2)cc1. The van der Waals surface area contributed by atoms with Crippen molar-refractivity contribution < 1.29 is 5.11 Å². The Balaban J connectivity index is 1.99. The molecule has 1 fully saturated rings. The maximum Gasteiger partial charge on any atom is 0.0681 e.